The van der Waals surface area contributed by atoms with Gasteiger partial charge in [-0.25, -0.2) is 0 Å². The summed E-state index contributed by atoms with van der Waals surface area (Å²) < 4.78 is 1.90. The van der Waals surface area contributed by atoms with E-state index >= 15 is 0 Å². The fourth-order valence-corrected chi connectivity index (χ4v) is 2.34. The molecule has 0 aliphatic carbocycles. The molecule has 0 aliphatic rings. The highest BCUT2D eigenvalue weighted by atomic mass is 79.9. The molecular weight excluding hydrogens is 298 g/mol. The molecule has 0 aromatic heterocycles. The first-order valence-electron chi connectivity index (χ1n) is 3.91. The Morgan fingerprint density at radius 2 is 2.00 bits per heavy atom. The molecule has 4 heteroatoms. The molecule has 13 heavy (non-hydrogen) atoms. The van der Waals surface area contributed by atoms with Crippen LogP contribution >= 0.6 is 31.9 Å². The van der Waals surface area contributed by atoms with Gasteiger partial charge in [-0.1, -0.05) is 37.9 Å². The molecule has 0 saturated carbocycles. The number of aliphatic hydroxyl groups excluding tert-OH is 1. The average Bonchev–Trinajstić information content (AvgIpc) is 2.03. The Labute approximate surface area is 94.4 Å². The summed E-state index contributed by atoms with van der Waals surface area (Å²) in [6.07, 6.45) is -0.544. The predicted octanol–water partition coefficient (Wildman–Crippen LogP) is 2.59. The summed E-state index contributed by atoms with van der Waals surface area (Å²) in [4.78, 5) is 0. The summed E-state index contributed by atoms with van der Waals surface area (Å²) in [6.45, 7) is 1.68. The third-order valence-corrected chi connectivity index (χ3v) is 3.02. The van der Waals surface area contributed by atoms with Crippen LogP contribution in [0.15, 0.2) is 27.1 Å². The Bertz CT molecular complexity index is 302. The van der Waals surface area contributed by atoms with E-state index < -0.39 is 6.10 Å². The smallest absolute Gasteiger partial charge is 0.0705 e. The molecule has 1 aromatic rings. The van der Waals surface area contributed by atoms with Gasteiger partial charge in [0.15, 0.2) is 0 Å². The van der Waals surface area contributed by atoms with Gasteiger partial charge in [0.2, 0.25) is 0 Å². The van der Waals surface area contributed by atoms with E-state index in [0.717, 1.165) is 14.5 Å². The molecule has 1 aromatic carbocycles. The molecule has 2 atom stereocenters. The molecule has 0 fully saturated rings. The highest BCUT2D eigenvalue weighted by molar-refractivity contribution is 9.11. The van der Waals surface area contributed by atoms with Crippen LogP contribution in [0.1, 0.15) is 18.5 Å². The highest BCUT2D eigenvalue weighted by Crippen LogP contribution is 2.27. The molecule has 0 unspecified atom stereocenters. The lowest BCUT2D eigenvalue weighted by atomic mass is 10.0. The maximum atomic E-state index is 9.31. The van der Waals surface area contributed by atoms with Crippen LogP contribution in [-0.4, -0.2) is 11.2 Å². The summed E-state index contributed by atoms with van der Waals surface area (Å²) in [5.74, 6) is 0. The van der Waals surface area contributed by atoms with Crippen molar-refractivity contribution in [2.75, 3.05) is 0 Å². The molecule has 0 spiro atoms. The van der Waals surface area contributed by atoms with Crippen molar-refractivity contribution in [2.45, 2.75) is 19.1 Å². The van der Waals surface area contributed by atoms with Crippen molar-refractivity contribution in [3.63, 3.8) is 0 Å². The van der Waals surface area contributed by atoms with Crippen molar-refractivity contribution < 1.29 is 5.11 Å². The van der Waals surface area contributed by atoms with Gasteiger partial charge in [0, 0.05) is 8.95 Å². The molecule has 0 bridgehead atoms. The van der Waals surface area contributed by atoms with Gasteiger partial charge < -0.3 is 10.8 Å². The van der Waals surface area contributed by atoms with Gasteiger partial charge in [-0.05, 0) is 24.6 Å². The Morgan fingerprint density at radius 3 is 2.46 bits per heavy atom. The van der Waals surface area contributed by atoms with Crippen molar-refractivity contribution in [3.05, 3.63) is 32.7 Å². The van der Waals surface area contributed by atoms with Gasteiger partial charge in [-0.15, -0.1) is 0 Å². The first-order chi connectivity index (χ1) is 6.02. The summed E-state index contributed by atoms with van der Waals surface area (Å²) >= 11 is 6.74. The molecule has 0 heterocycles. The van der Waals surface area contributed by atoms with Crippen LogP contribution in [0.2, 0.25) is 0 Å². The van der Waals surface area contributed by atoms with Crippen molar-refractivity contribution in [1.29, 1.82) is 0 Å². The number of rotatable bonds is 2. The number of hydrogen-bond acceptors (Lipinski definition) is 2. The van der Waals surface area contributed by atoms with Gasteiger partial charge in [0.05, 0.1) is 12.1 Å². The van der Waals surface area contributed by atoms with Crippen molar-refractivity contribution in [2.24, 2.45) is 5.73 Å². The minimum atomic E-state index is -0.544. The van der Waals surface area contributed by atoms with Crippen LogP contribution in [-0.2, 0) is 0 Å². The van der Waals surface area contributed by atoms with Crippen LogP contribution in [0, 0.1) is 0 Å². The Hall–Kier alpha value is 0.1000. The van der Waals surface area contributed by atoms with Crippen molar-refractivity contribution >= 4 is 31.9 Å². The van der Waals surface area contributed by atoms with Gasteiger partial charge in [0.1, 0.15) is 0 Å². The maximum absolute atomic E-state index is 9.31. The molecule has 0 saturated heterocycles. The van der Waals surface area contributed by atoms with Crippen LogP contribution in [0.25, 0.3) is 0 Å². The number of halogens is 2. The Kier molecular flexibility index (Phi) is 3.91. The largest absolute Gasteiger partial charge is 0.391 e. The molecule has 72 valence electrons. The zero-order chi connectivity index (χ0) is 10.0. The first kappa shape index (κ1) is 11.2. The fourth-order valence-electron chi connectivity index (χ4n) is 1.03. The molecule has 0 aliphatic heterocycles. The second-order valence-corrected chi connectivity index (χ2v) is 4.70. The molecule has 0 amide bonds. The Morgan fingerprint density at radius 1 is 1.38 bits per heavy atom. The van der Waals surface area contributed by atoms with E-state index in [9.17, 15) is 5.11 Å². The number of nitrogens with two attached hydrogens (primary N) is 1. The standard InChI is InChI=1S/C9H11Br2NO/c1-5(13)9(12)7-3-2-6(10)4-8(7)11/h2-5,9,13H,12H2,1H3/t5-,9+/m0/s1. The van der Waals surface area contributed by atoms with E-state index in [1.54, 1.807) is 6.92 Å². The van der Waals surface area contributed by atoms with Crippen molar-refractivity contribution in [1.82, 2.24) is 0 Å². The minimum absolute atomic E-state index is 0.345. The number of aliphatic hydroxyl groups is 1. The van der Waals surface area contributed by atoms with Gasteiger partial charge in [0.25, 0.3) is 0 Å². The molecule has 2 nitrogen and oxygen atoms in total. The lowest BCUT2D eigenvalue weighted by Crippen LogP contribution is -2.23. The van der Waals surface area contributed by atoms with Crippen LogP contribution in [0.4, 0.5) is 0 Å². The molecule has 3 N–H and O–H groups in total. The zero-order valence-electron chi connectivity index (χ0n) is 7.17. The van der Waals surface area contributed by atoms with E-state index in [1.807, 2.05) is 18.2 Å². The molecule has 1 rings (SSSR count). The quantitative estimate of drug-likeness (QED) is 0.882. The lowest BCUT2D eigenvalue weighted by Gasteiger charge is -2.16. The van der Waals surface area contributed by atoms with Crippen LogP contribution < -0.4 is 5.73 Å². The van der Waals surface area contributed by atoms with E-state index in [2.05, 4.69) is 31.9 Å². The van der Waals surface area contributed by atoms with Gasteiger partial charge in [-0.3, -0.25) is 0 Å². The van der Waals surface area contributed by atoms with E-state index in [4.69, 9.17) is 5.73 Å². The fraction of sp³-hybridized carbons (Fsp3) is 0.333. The predicted molar refractivity (Wildman–Crippen MR) is 60.5 cm³/mol. The van der Waals surface area contributed by atoms with Crippen molar-refractivity contribution in [3.8, 4) is 0 Å². The third kappa shape index (κ3) is 2.77. The zero-order valence-corrected chi connectivity index (χ0v) is 10.3. The topological polar surface area (TPSA) is 46.2 Å². The number of benzene rings is 1. The van der Waals surface area contributed by atoms with Gasteiger partial charge >= 0.3 is 0 Å². The monoisotopic (exact) mass is 307 g/mol. The summed E-state index contributed by atoms with van der Waals surface area (Å²) in [7, 11) is 0. The second kappa shape index (κ2) is 4.55. The molecular formula is C9H11Br2NO. The second-order valence-electron chi connectivity index (χ2n) is 2.93. The first-order valence-corrected chi connectivity index (χ1v) is 5.49. The van der Waals surface area contributed by atoms with Crippen LogP contribution in [0.5, 0.6) is 0 Å². The highest BCUT2D eigenvalue weighted by Gasteiger charge is 2.14. The van der Waals surface area contributed by atoms with Gasteiger partial charge in [-0.2, -0.15) is 0 Å². The number of hydrogen-bond donors (Lipinski definition) is 2. The minimum Gasteiger partial charge on any atom is -0.391 e. The lowest BCUT2D eigenvalue weighted by molar-refractivity contribution is 0.164. The SMILES string of the molecule is C[C@H](O)[C@@H](N)c1ccc(Br)cc1Br. The maximum Gasteiger partial charge on any atom is 0.0705 e. The third-order valence-electron chi connectivity index (χ3n) is 1.84. The van der Waals surface area contributed by atoms with E-state index in [1.165, 1.54) is 0 Å². The summed E-state index contributed by atoms with van der Waals surface area (Å²) in [5, 5.41) is 9.31. The Balaban J connectivity index is 3.01. The van der Waals surface area contributed by atoms with E-state index in [-0.39, 0.29) is 6.04 Å². The average molecular weight is 309 g/mol. The summed E-state index contributed by atoms with van der Waals surface area (Å²) in [6, 6.07) is 5.37. The normalized spacial score (nSPS) is 15.5. The summed E-state index contributed by atoms with van der Waals surface area (Å²) in [5.41, 5.74) is 6.71. The van der Waals surface area contributed by atoms with Crippen LogP contribution in [0.3, 0.4) is 0 Å². The van der Waals surface area contributed by atoms with E-state index in [0.29, 0.717) is 0 Å². The molecule has 0 radical (unpaired) electrons.